The maximum Gasteiger partial charge on any atom is 0.371 e. The highest BCUT2D eigenvalue weighted by Crippen LogP contribution is 2.22. The summed E-state index contributed by atoms with van der Waals surface area (Å²) in [6.07, 6.45) is 0.745. The molecule has 1 aromatic heterocycles. The van der Waals surface area contributed by atoms with E-state index in [1.54, 1.807) is 30.3 Å². The van der Waals surface area contributed by atoms with E-state index < -0.39 is 5.97 Å². The van der Waals surface area contributed by atoms with Crippen LogP contribution in [0.2, 0.25) is 0 Å². The lowest BCUT2D eigenvalue weighted by molar-refractivity contribution is 0.0663. The monoisotopic (exact) mass is 216 g/mol. The van der Waals surface area contributed by atoms with E-state index in [9.17, 15) is 9.59 Å². The van der Waals surface area contributed by atoms with Crippen molar-refractivity contribution in [1.29, 1.82) is 0 Å². The second-order valence-corrected chi connectivity index (χ2v) is 3.21. The Bertz CT molecular complexity index is 522. The number of aldehydes is 1. The Balaban J connectivity index is 2.35. The molecule has 1 heterocycles. The first-order valence-electron chi connectivity index (χ1n) is 4.59. The van der Waals surface area contributed by atoms with Gasteiger partial charge in [-0.25, -0.2) is 4.79 Å². The van der Waals surface area contributed by atoms with Crippen molar-refractivity contribution in [3.8, 4) is 11.3 Å². The van der Waals surface area contributed by atoms with Gasteiger partial charge in [0.2, 0.25) is 5.76 Å². The molecule has 0 fully saturated rings. The van der Waals surface area contributed by atoms with Crippen molar-refractivity contribution in [3.05, 3.63) is 47.7 Å². The van der Waals surface area contributed by atoms with Crippen molar-refractivity contribution in [3.63, 3.8) is 0 Å². The Kier molecular flexibility index (Phi) is 2.55. The summed E-state index contributed by atoms with van der Waals surface area (Å²) in [5, 5.41) is 8.69. The second kappa shape index (κ2) is 4.02. The van der Waals surface area contributed by atoms with Crippen LogP contribution in [0.1, 0.15) is 20.9 Å². The highest BCUT2D eigenvalue weighted by molar-refractivity contribution is 5.85. The van der Waals surface area contributed by atoms with Gasteiger partial charge in [-0.15, -0.1) is 0 Å². The maximum atomic E-state index is 10.6. The average molecular weight is 216 g/mol. The van der Waals surface area contributed by atoms with Gasteiger partial charge in [0.1, 0.15) is 12.0 Å². The van der Waals surface area contributed by atoms with Gasteiger partial charge in [-0.2, -0.15) is 0 Å². The lowest BCUT2D eigenvalue weighted by Crippen LogP contribution is -1.91. The van der Waals surface area contributed by atoms with Crippen molar-refractivity contribution in [2.45, 2.75) is 0 Å². The molecule has 0 atom stereocenters. The summed E-state index contributed by atoms with van der Waals surface area (Å²) in [5.74, 6) is -0.736. The first-order valence-corrected chi connectivity index (χ1v) is 4.59. The van der Waals surface area contributed by atoms with E-state index in [0.717, 1.165) is 11.8 Å². The second-order valence-electron chi connectivity index (χ2n) is 3.21. The Morgan fingerprint density at radius 2 is 1.81 bits per heavy atom. The van der Waals surface area contributed by atoms with Gasteiger partial charge < -0.3 is 9.52 Å². The number of benzene rings is 1. The zero-order valence-corrected chi connectivity index (χ0v) is 8.21. The number of rotatable bonds is 3. The molecular formula is C12H8O4. The minimum atomic E-state index is -1.10. The predicted octanol–water partition coefficient (Wildman–Crippen LogP) is 2.46. The lowest BCUT2D eigenvalue weighted by atomic mass is 10.1. The summed E-state index contributed by atoms with van der Waals surface area (Å²) in [6, 6.07) is 9.67. The molecule has 2 rings (SSSR count). The molecule has 4 nitrogen and oxygen atoms in total. The summed E-state index contributed by atoms with van der Waals surface area (Å²) in [7, 11) is 0. The maximum absolute atomic E-state index is 10.6. The van der Waals surface area contributed by atoms with E-state index in [2.05, 4.69) is 0 Å². The zero-order chi connectivity index (χ0) is 11.5. The molecule has 1 aromatic carbocycles. The standard InChI is InChI=1S/C12H8O4/c13-7-8-1-3-9(4-2-8)10-5-6-11(16-10)12(14)15/h1-7H,(H,14,15). The number of carbonyl (C=O) groups is 2. The smallest absolute Gasteiger partial charge is 0.371 e. The molecule has 2 aromatic rings. The Morgan fingerprint density at radius 3 is 2.31 bits per heavy atom. The number of furan rings is 1. The first-order chi connectivity index (χ1) is 7.70. The summed E-state index contributed by atoms with van der Waals surface area (Å²) < 4.78 is 5.12. The molecule has 0 unspecified atom stereocenters. The van der Waals surface area contributed by atoms with Gasteiger partial charge in [0.25, 0.3) is 0 Å². The molecule has 16 heavy (non-hydrogen) atoms. The van der Waals surface area contributed by atoms with E-state index >= 15 is 0 Å². The quantitative estimate of drug-likeness (QED) is 0.800. The largest absolute Gasteiger partial charge is 0.475 e. The third-order valence-corrected chi connectivity index (χ3v) is 2.15. The fourth-order valence-electron chi connectivity index (χ4n) is 1.33. The number of carbonyl (C=O) groups excluding carboxylic acids is 1. The number of aromatic carboxylic acids is 1. The predicted molar refractivity (Wildman–Crippen MR) is 56.5 cm³/mol. The van der Waals surface area contributed by atoms with Crippen LogP contribution in [-0.4, -0.2) is 17.4 Å². The number of carboxylic acid groups (broad SMARTS) is 1. The molecule has 0 spiro atoms. The zero-order valence-electron chi connectivity index (χ0n) is 8.21. The molecule has 0 saturated carbocycles. The molecule has 80 valence electrons. The molecule has 4 heteroatoms. The van der Waals surface area contributed by atoms with Gasteiger partial charge >= 0.3 is 5.97 Å². The van der Waals surface area contributed by atoms with Crippen molar-refractivity contribution in [2.24, 2.45) is 0 Å². The fraction of sp³-hybridized carbons (Fsp3) is 0. The lowest BCUT2D eigenvalue weighted by Gasteiger charge is -1.96. The summed E-state index contributed by atoms with van der Waals surface area (Å²) in [6.45, 7) is 0. The Morgan fingerprint density at radius 1 is 1.12 bits per heavy atom. The highest BCUT2D eigenvalue weighted by atomic mass is 16.4. The average Bonchev–Trinajstić information content (AvgIpc) is 2.78. The summed E-state index contributed by atoms with van der Waals surface area (Å²) >= 11 is 0. The SMILES string of the molecule is O=Cc1ccc(-c2ccc(C(=O)O)o2)cc1. The Labute approximate surface area is 91.1 Å². The summed E-state index contributed by atoms with van der Waals surface area (Å²) in [5.41, 5.74) is 1.30. The summed E-state index contributed by atoms with van der Waals surface area (Å²) in [4.78, 5) is 21.1. The van der Waals surface area contributed by atoms with Crippen molar-refractivity contribution in [2.75, 3.05) is 0 Å². The van der Waals surface area contributed by atoms with Crippen LogP contribution < -0.4 is 0 Å². The Hall–Kier alpha value is -2.36. The molecule has 1 N–H and O–H groups in total. The van der Waals surface area contributed by atoms with Crippen LogP contribution in [0.5, 0.6) is 0 Å². The van der Waals surface area contributed by atoms with E-state index in [1.807, 2.05) is 0 Å². The van der Waals surface area contributed by atoms with Crippen LogP contribution >= 0.6 is 0 Å². The molecule has 0 saturated heterocycles. The minimum absolute atomic E-state index is 0.102. The molecular weight excluding hydrogens is 208 g/mol. The number of carboxylic acids is 1. The third-order valence-electron chi connectivity index (χ3n) is 2.15. The van der Waals surface area contributed by atoms with Crippen molar-refractivity contribution in [1.82, 2.24) is 0 Å². The normalized spacial score (nSPS) is 10.0. The van der Waals surface area contributed by atoms with Crippen LogP contribution in [0.15, 0.2) is 40.8 Å². The van der Waals surface area contributed by atoms with E-state index in [-0.39, 0.29) is 5.76 Å². The molecule has 0 aliphatic rings. The van der Waals surface area contributed by atoms with Crippen LogP contribution in [0.25, 0.3) is 11.3 Å². The van der Waals surface area contributed by atoms with Crippen molar-refractivity contribution >= 4 is 12.3 Å². The van der Waals surface area contributed by atoms with Gasteiger partial charge in [0.15, 0.2) is 0 Å². The minimum Gasteiger partial charge on any atom is -0.475 e. The number of hydrogen-bond donors (Lipinski definition) is 1. The van der Waals surface area contributed by atoms with Gasteiger partial charge in [-0.05, 0) is 12.1 Å². The molecule has 0 bridgehead atoms. The van der Waals surface area contributed by atoms with Gasteiger partial charge in [0.05, 0.1) is 0 Å². The number of hydrogen-bond acceptors (Lipinski definition) is 3. The fourth-order valence-corrected chi connectivity index (χ4v) is 1.33. The van der Waals surface area contributed by atoms with E-state index in [0.29, 0.717) is 11.3 Å². The van der Waals surface area contributed by atoms with Gasteiger partial charge in [-0.3, -0.25) is 4.79 Å². The van der Waals surface area contributed by atoms with Crippen LogP contribution in [0.4, 0.5) is 0 Å². The molecule has 0 aliphatic carbocycles. The molecule has 0 radical (unpaired) electrons. The first kappa shape index (κ1) is 10.2. The highest BCUT2D eigenvalue weighted by Gasteiger charge is 2.09. The van der Waals surface area contributed by atoms with Crippen molar-refractivity contribution < 1.29 is 19.1 Å². The van der Waals surface area contributed by atoms with Crippen LogP contribution in [-0.2, 0) is 0 Å². The van der Waals surface area contributed by atoms with E-state index in [1.165, 1.54) is 6.07 Å². The van der Waals surface area contributed by atoms with E-state index in [4.69, 9.17) is 9.52 Å². The van der Waals surface area contributed by atoms with Gasteiger partial charge in [0, 0.05) is 11.1 Å². The van der Waals surface area contributed by atoms with Gasteiger partial charge in [-0.1, -0.05) is 24.3 Å². The van der Waals surface area contributed by atoms with Crippen LogP contribution in [0, 0.1) is 0 Å². The topological polar surface area (TPSA) is 67.5 Å². The van der Waals surface area contributed by atoms with Crippen LogP contribution in [0.3, 0.4) is 0 Å². The molecule has 0 amide bonds. The third kappa shape index (κ3) is 1.86. The molecule has 0 aliphatic heterocycles.